The predicted octanol–water partition coefficient (Wildman–Crippen LogP) is 3.87. The van der Waals surface area contributed by atoms with Crippen molar-refractivity contribution in [1.82, 2.24) is 20.0 Å². The third-order valence-electron chi connectivity index (χ3n) is 4.63. The molecule has 1 atom stereocenters. The first-order valence-corrected chi connectivity index (χ1v) is 9.57. The van der Waals surface area contributed by atoms with Gasteiger partial charge in [-0.3, -0.25) is 9.48 Å². The molecule has 0 spiro atoms. The second-order valence-electron chi connectivity index (χ2n) is 8.23. The Morgan fingerprint density at radius 2 is 1.90 bits per heavy atom. The van der Waals surface area contributed by atoms with E-state index in [-0.39, 0.29) is 34.1 Å². The van der Waals surface area contributed by atoms with Gasteiger partial charge in [0.05, 0.1) is 29.4 Å². The summed E-state index contributed by atoms with van der Waals surface area (Å²) in [5.74, 6) is -1.77. The minimum atomic E-state index is -4.77. The maximum Gasteiger partial charge on any atom is 0.412 e. The van der Waals surface area contributed by atoms with Crippen LogP contribution in [0.5, 0.6) is 0 Å². The van der Waals surface area contributed by atoms with Crippen molar-refractivity contribution < 1.29 is 27.2 Å². The molecule has 12 heteroatoms. The summed E-state index contributed by atoms with van der Waals surface area (Å²) in [6, 6.07) is 0.449. The van der Waals surface area contributed by atoms with Crippen LogP contribution in [0.3, 0.4) is 0 Å². The molecule has 0 fully saturated rings. The molecule has 2 heterocycles. The van der Waals surface area contributed by atoms with Gasteiger partial charge in [-0.2, -0.15) is 18.3 Å². The smallest absolute Gasteiger partial charge is 0.365 e. The average molecular weight is 462 g/mol. The fraction of sp³-hybridized carbons (Fsp3) is 0.421. The van der Waals surface area contributed by atoms with Crippen LogP contribution in [-0.4, -0.2) is 44.9 Å². The molecule has 1 aliphatic heterocycles. The van der Waals surface area contributed by atoms with Crippen molar-refractivity contribution in [2.45, 2.75) is 45.1 Å². The van der Waals surface area contributed by atoms with E-state index in [1.807, 2.05) is 0 Å². The number of carbonyl (C=O) groups is 2. The number of aromatic nitrogens is 2. The Kier molecular flexibility index (Phi) is 5.68. The summed E-state index contributed by atoms with van der Waals surface area (Å²) in [7, 11) is 0. The Hall–Kier alpha value is -2.82. The Labute approximate surface area is 180 Å². The van der Waals surface area contributed by atoms with E-state index in [4.69, 9.17) is 17.3 Å². The van der Waals surface area contributed by atoms with Gasteiger partial charge in [-0.05, 0) is 39.0 Å². The van der Waals surface area contributed by atoms with Crippen LogP contribution in [0.4, 0.5) is 22.4 Å². The molecule has 7 nitrogen and oxygen atoms in total. The van der Waals surface area contributed by atoms with Crippen molar-refractivity contribution in [2.24, 2.45) is 5.73 Å². The van der Waals surface area contributed by atoms with Gasteiger partial charge >= 0.3 is 12.2 Å². The number of nitrogens with zero attached hydrogens (tertiary/aromatic N) is 3. The first-order chi connectivity index (χ1) is 14.2. The number of hydrogen-bond donors (Lipinski definition) is 2. The summed E-state index contributed by atoms with van der Waals surface area (Å²) in [6.07, 6.45) is -4.77. The largest absolute Gasteiger partial charge is 0.412 e. The van der Waals surface area contributed by atoms with E-state index in [9.17, 15) is 27.2 Å². The Bertz CT molecular complexity index is 1050. The Morgan fingerprint density at radius 3 is 2.42 bits per heavy atom. The minimum Gasteiger partial charge on any atom is -0.365 e. The highest BCUT2D eigenvalue weighted by Crippen LogP contribution is 2.39. The number of amides is 3. The first-order valence-electron chi connectivity index (χ1n) is 9.19. The molecule has 0 bridgehead atoms. The zero-order valence-electron chi connectivity index (χ0n) is 16.8. The molecule has 3 amide bonds. The van der Waals surface area contributed by atoms with Gasteiger partial charge in [-0.15, -0.1) is 0 Å². The third kappa shape index (κ3) is 4.60. The minimum absolute atomic E-state index is 0.119. The third-order valence-corrected chi connectivity index (χ3v) is 4.91. The molecule has 1 aliphatic rings. The van der Waals surface area contributed by atoms with Gasteiger partial charge in [0.1, 0.15) is 11.5 Å². The quantitative estimate of drug-likeness (QED) is 0.665. The number of halogens is 5. The van der Waals surface area contributed by atoms with Crippen molar-refractivity contribution in [3.8, 4) is 11.3 Å². The number of benzene rings is 1. The number of urea groups is 1. The van der Waals surface area contributed by atoms with Crippen LogP contribution in [0.15, 0.2) is 18.2 Å². The van der Waals surface area contributed by atoms with Crippen LogP contribution in [0.1, 0.15) is 42.9 Å². The first kappa shape index (κ1) is 22.9. The van der Waals surface area contributed by atoms with Crippen LogP contribution in [0.2, 0.25) is 5.02 Å². The monoisotopic (exact) mass is 461 g/mol. The van der Waals surface area contributed by atoms with Crippen LogP contribution < -0.4 is 11.1 Å². The maximum absolute atomic E-state index is 13.9. The lowest BCUT2D eigenvalue weighted by atomic mass is 10.0. The lowest BCUT2D eigenvalue weighted by molar-refractivity contribution is -0.177. The molecule has 2 aromatic rings. The van der Waals surface area contributed by atoms with Crippen LogP contribution >= 0.6 is 11.6 Å². The lowest BCUT2D eigenvalue weighted by Gasteiger charge is -2.36. The second kappa shape index (κ2) is 7.70. The summed E-state index contributed by atoms with van der Waals surface area (Å²) in [5, 5.41) is 6.30. The number of primary amides is 1. The molecule has 1 aromatic carbocycles. The van der Waals surface area contributed by atoms with Gasteiger partial charge in [0.2, 0.25) is 0 Å². The van der Waals surface area contributed by atoms with Gasteiger partial charge in [-0.1, -0.05) is 11.6 Å². The molecule has 1 unspecified atom stereocenters. The van der Waals surface area contributed by atoms with Crippen LogP contribution in [0, 0.1) is 5.82 Å². The molecule has 3 N–H and O–H groups in total. The van der Waals surface area contributed by atoms with E-state index in [0.29, 0.717) is 4.68 Å². The van der Waals surface area contributed by atoms with Gasteiger partial charge in [0.15, 0.2) is 6.04 Å². The molecule has 0 saturated carbocycles. The predicted molar refractivity (Wildman–Crippen MR) is 105 cm³/mol. The highest BCUT2D eigenvalue weighted by molar-refractivity contribution is 6.31. The second-order valence-corrected chi connectivity index (χ2v) is 8.63. The lowest BCUT2D eigenvalue weighted by Crippen LogP contribution is -2.53. The van der Waals surface area contributed by atoms with Crippen LogP contribution in [-0.2, 0) is 6.54 Å². The van der Waals surface area contributed by atoms with Gasteiger partial charge in [0, 0.05) is 11.1 Å². The Morgan fingerprint density at radius 1 is 1.26 bits per heavy atom. The molecule has 168 valence electrons. The van der Waals surface area contributed by atoms with E-state index in [0.717, 1.165) is 17.0 Å². The van der Waals surface area contributed by atoms with Crippen LogP contribution in [0.25, 0.3) is 11.3 Å². The zero-order chi connectivity index (χ0) is 23.3. The summed E-state index contributed by atoms with van der Waals surface area (Å²) in [6.45, 7) is 4.03. The van der Waals surface area contributed by atoms with E-state index < -0.39 is 42.1 Å². The molecule has 0 aliphatic carbocycles. The van der Waals surface area contributed by atoms with E-state index in [1.165, 1.54) is 6.07 Å². The summed E-state index contributed by atoms with van der Waals surface area (Å²) < 4.78 is 55.8. The number of nitrogens with one attached hydrogen (secondary N) is 1. The number of nitrogens with two attached hydrogens (primary N) is 1. The number of carbonyl (C=O) groups excluding carboxylic acids is 2. The van der Waals surface area contributed by atoms with Crippen molar-refractivity contribution in [1.29, 1.82) is 0 Å². The summed E-state index contributed by atoms with van der Waals surface area (Å²) in [4.78, 5) is 25.7. The van der Waals surface area contributed by atoms with Crippen molar-refractivity contribution >= 4 is 23.5 Å². The molecular formula is C19H20ClF4N5O2. The normalized spacial score (nSPS) is 16.8. The molecular weight excluding hydrogens is 442 g/mol. The van der Waals surface area contributed by atoms with Crippen molar-refractivity contribution in [2.75, 3.05) is 6.54 Å². The molecule has 0 radical (unpaired) electrons. The molecule has 1 aromatic heterocycles. The SMILES string of the molecule is CC(C)(C)NC(=O)N1Cc2c(C(N)=O)c(-c3ccc(F)c(Cl)c3)nn2C(C(F)(F)F)C1. The fourth-order valence-corrected chi connectivity index (χ4v) is 3.49. The van der Waals surface area contributed by atoms with Gasteiger partial charge in [0.25, 0.3) is 5.91 Å². The van der Waals surface area contributed by atoms with Gasteiger partial charge < -0.3 is 16.0 Å². The van der Waals surface area contributed by atoms with Crippen molar-refractivity contribution in [3.63, 3.8) is 0 Å². The van der Waals surface area contributed by atoms with Gasteiger partial charge in [-0.25, -0.2) is 9.18 Å². The highest BCUT2D eigenvalue weighted by Gasteiger charge is 2.48. The topological polar surface area (TPSA) is 93.2 Å². The van der Waals surface area contributed by atoms with E-state index in [1.54, 1.807) is 20.8 Å². The number of alkyl halides is 3. The summed E-state index contributed by atoms with van der Waals surface area (Å²) >= 11 is 5.78. The van der Waals surface area contributed by atoms with Crippen molar-refractivity contribution in [3.05, 3.63) is 40.3 Å². The summed E-state index contributed by atoms with van der Waals surface area (Å²) in [5.41, 5.74) is 4.27. The molecule has 0 saturated heterocycles. The standard InChI is InChI=1S/C19H20ClF4N5O2/c1-18(2,3)26-17(31)28-7-12-14(16(25)30)15(9-4-5-11(21)10(20)6-9)27-29(12)13(8-28)19(22,23)24/h4-6,13H,7-8H2,1-3H3,(H2,25,30)(H,26,31). The fourth-order valence-electron chi connectivity index (χ4n) is 3.31. The molecule has 31 heavy (non-hydrogen) atoms. The Balaban J connectivity index is 2.17. The molecule has 3 rings (SSSR count). The highest BCUT2D eigenvalue weighted by atomic mass is 35.5. The van der Waals surface area contributed by atoms with E-state index >= 15 is 0 Å². The number of rotatable bonds is 2. The number of fused-ring (bicyclic) bond motifs is 1. The zero-order valence-corrected chi connectivity index (χ0v) is 17.6. The maximum atomic E-state index is 13.9. The average Bonchev–Trinajstić information content (AvgIpc) is 3.00. The van der Waals surface area contributed by atoms with E-state index in [2.05, 4.69) is 10.4 Å². The number of hydrogen-bond acceptors (Lipinski definition) is 3.